The average molecular weight is 412 g/mol. The molecule has 0 radical (unpaired) electrons. The van der Waals surface area contributed by atoms with Crippen LogP contribution in [0.2, 0.25) is 0 Å². The molecule has 0 fully saturated rings. The van der Waals surface area contributed by atoms with Gasteiger partial charge in [0.25, 0.3) is 5.91 Å². The third-order valence-electron chi connectivity index (χ3n) is 5.53. The summed E-state index contributed by atoms with van der Waals surface area (Å²) in [6.07, 6.45) is 0.988. The molecule has 2 aromatic carbocycles. The van der Waals surface area contributed by atoms with E-state index in [1.807, 2.05) is 18.4 Å². The molecule has 1 aromatic heterocycles. The van der Waals surface area contributed by atoms with Gasteiger partial charge in [-0.05, 0) is 35.6 Å². The van der Waals surface area contributed by atoms with Gasteiger partial charge in [0.05, 0.1) is 12.6 Å². The predicted octanol–water partition coefficient (Wildman–Crippen LogP) is 4.41. The Morgan fingerprint density at radius 2 is 1.80 bits per heavy atom. The zero-order chi connectivity index (χ0) is 21.6. The van der Waals surface area contributed by atoms with E-state index in [1.54, 1.807) is 24.3 Å². The van der Waals surface area contributed by atoms with E-state index in [2.05, 4.69) is 10.3 Å². The fraction of sp³-hybridized carbons (Fsp3) is 0.304. The Bertz CT molecular complexity index is 1160. The molecule has 3 aromatic rings. The van der Waals surface area contributed by atoms with E-state index < -0.39 is 11.6 Å². The van der Waals surface area contributed by atoms with Gasteiger partial charge in [0.15, 0.2) is 17.4 Å². The minimum Gasteiger partial charge on any atom is -0.339 e. The number of aromatic nitrogens is 1. The standard InChI is InChI=1S/C23H22F2N2O3/c1-23(2)10-19-21(20(28)11-23)15-8-16(24)17(25)9-18(15)27(19)12-13-4-6-14(7-5-13)22(29)26-30-3/h4-9H,10-12H2,1-3H3,(H,26,29). The van der Waals surface area contributed by atoms with Gasteiger partial charge >= 0.3 is 0 Å². The first-order valence-corrected chi connectivity index (χ1v) is 9.66. The smallest absolute Gasteiger partial charge is 0.274 e. The fourth-order valence-corrected chi connectivity index (χ4v) is 4.21. The summed E-state index contributed by atoms with van der Waals surface area (Å²) in [5, 5.41) is 0.445. The third-order valence-corrected chi connectivity index (χ3v) is 5.53. The van der Waals surface area contributed by atoms with E-state index in [0.717, 1.165) is 23.4 Å². The van der Waals surface area contributed by atoms with Crippen LogP contribution < -0.4 is 5.48 Å². The maximum atomic E-state index is 14.1. The van der Waals surface area contributed by atoms with Gasteiger partial charge in [0.1, 0.15) is 0 Å². The predicted molar refractivity (Wildman–Crippen MR) is 108 cm³/mol. The Hall–Kier alpha value is -3.06. The van der Waals surface area contributed by atoms with Crippen molar-refractivity contribution in [2.75, 3.05) is 7.11 Å². The van der Waals surface area contributed by atoms with Crippen molar-refractivity contribution >= 4 is 22.6 Å². The molecule has 7 heteroatoms. The summed E-state index contributed by atoms with van der Waals surface area (Å²) in [6.45, 7) is 4.40. The second kappa shape index (κ2) is 7.32. The average Bonchev–Trinajstić information content (AvgIpc) is 2.94. The number of carbonyl (C=O) groups is 2. The SMILES string of the molecule is CONC(=O)c1ccc(Cn2c3c(c4cc(F)c(F)cc42)C(=O)CC(C)(C)C3)cc1. The summed E-state index contributed by atoms with van der Waals surface area (Å²) >= 11 is 0. The minimum absolute atomic E-state index is 0.0532. The molecule has 1 N–H and O–H groups in total. The molecule has 0 saturated heterocycles. The largest absolute Gasteiger partial charge is 0.339 e. The molecule has 0 unspecified atom stereocenters. The molecule has 4 rings (SSSR count). The Kier molecular flexibility index (Phi) is 4.94. The van der Waals surface area contributed by atoms with E-state index in [9.17, 15) is 18.4 Å². The second-order valence-electron chi connectivity index (χ2n) is 8.46. The van der Waals surface area contributed by atoms with Crippen LogP contribution in [-0.2, 0) is 17.8 Å². The molecule has 1 heterocycles. The molecule has 0 aliphatic heterocycles. The molecule has 30 heavy (non-hydrogen) atoms. The van der Waals surface area contributed by atoms with Gasteiger partial charge in [0.2, 0.25) is 0 Å². The molecule has 0 atom stereocenters. The van der Waals surface area contributed by atoms with Crippen molar-refractivity contribution in [1.29, 1.82) is 0 Å². The van der Waals surface area contributed by atoms with Crippen molar-refractivity contribution in [3.05, 3.63) is 70.4 Å². The summed E-state index contributed by atoms with van der Waals surface area (Å²) < 4.78 is 29.9. The lowest BCUT2D eigenvalue weighted by molar-refractivity contribution is 0.0537. The van der Waals surface area contributed by atoms with Crippen molar-refractivity contribution in [1.82, 2.24) is 10.0 Å². The number of rotatable bonds is 4. The Morgan fingerprint density at radius 3 is 2.47 bits per heavy atom. The zero-order valence-electron chi connectivity index (χ0n) is 17.0. The van der Waals surface area contributed by atoms with E-state index in [-0.39, 0.29) is 17.1 Å². The number of hydrogen-bond donors (Lipinski definition) is 1. The normalized spacial score (nSPS) is 15.3. The van der Waals surface area contributed by atoms with Crippen LogP contribution in [0.15, 0.2) is 36.4 Å². The second-order valence-corrected chi connectivity index (χ2v) is 8.46. The Balaban J connectivity index is 1.81. The number of hydroxylamine groups is 1. The van der Waals surface area contributed by atoms with Crippen molar-refractivity contribution in [3.8, 4) is 0 Å². The molecular formula is C23H22F2N2O3. The monoisotopic (exact) mass is 412 g/mol. The van der Waals surface area contributed by atoms with Crippen LogP contribution in [0.3, 0.4) is 0 Å². The quantitative estimate of drug-likeness (QED) is 0.646. The lowest BCUT2D eigenvalue weighted by Gasteiger charge is -2.30. The minimum atomic E-state index is -0.964. The van der Waals surface area contributed by atoms with Crippen LogP contribution in [0.25, 0.3) is 10.9 Å². The summed E-state index contributed by atoms with van der Waals surface area (Å²) in [5.74, 6) is -2.33. The highest BCUT2D eigenvalue weighted by Gasteiger charge is 2.35. The molecule has 5 nitrogen and oxygen atoms in total. The summed E-state index contributed by atoms with van der Waals surface area (Å²) in [5.41, 5.74) is 5.08. The first kappa shape index (κ1) is 20.2. The number of halogens is 2. The highest BCUT2D eigenvalue weighted by Crippen LogP contribution is 2.40. The topological polar surface area (TPSA) is 60.3 Å². The highest BCUT2D eigenvalue weighted by molar-refractivity contribution is 6.10. The number of amides is 1. The van der Waals surface area contributed by atoms with E-state index in [0.29, 0.717) is 41.4 Å². The third kappa shape index (κ3) is 3.50. The molecule has 156 valence electrons. The van der Waals surface area contributed by atoms with E-state index >= 15 is 0 Å². The van der Waals surface area contributed by atoms with Crippen LogP contribution in [0.4, 0.5) is 8.78 Å². The maximum absolute atomic E-state index is 14.1. The van der Waals surface area contributed by atoms with E-state index in [4.69, 9.17) is 0 Å². The summed E-state index contributed by atoms with van der Waals surface area (Å²) in [4.78, 5) is 29.4. The molecule has 0 saturated carbocycles. The van der Waals surface area contributed by atoms with Crippen molar-refractivity contribution in [3.63, 3.8) is 0 Å². The van der Waals surface area contributed by atoms with E-state index in [1.165, 1.54) is 7.11 Å². The van der Waals surface area contributed by atoms with Crippen LogP contribution >= 0.6 is 0 Å². The molecule has 1 aliphatic carbocycles. The van der Waals surface area contributed by atoms with Gasteiger partial charge in [-0.25, -0.2) is 14.3 Å². The van der Waals surface area contributed by atoms with Gasteiger partial charge < -0.3 is 4.57 Å². The zero-order valence-corrected chi connectivity index (χ0v) is 17.0. The number of nitrogens with zero attached hydrogens (tertiary/aromatic N) is 1. The van der Waals surface area contributed by atoms with Crippen LogP contribution in [0.5, 0.6) is 0 Å². The Labute approximate surface area is 172 Å². The first-order chi connectivity index (χ1) is 14.2. The lowest BCUT2D eigenvalue weighted by atomic mass is 9.75. The number of ketones is 1. The summed E-state index contributed by atoms with van der Waals surface area (Å²) in [7, 11) is 1.36. The molecule has 1 amide bonds. The van der Waals surface area contributed by atoms with Gasteiger partial charge in [-0.2, -0.15) is 0 Å². The van der Waals surface area contributed by atoms with Gasteiger partial charge in [0, 0.05) is 41.2 Å². The van der Waals surface area contributed by atoms with Crippen LogP contribution in [-0.4, -0.2) is 23.4 Å². The number of hydrogen-bond acceptors (Lipinski definition) is 3. The lowest BCUT2D eigenvalue weighted by Crippen LogP contribution is -2.28. The molecule has 1 aliphatic rings. The van der Waals surface area contributed by atoms with Crippen LogP contribution in [0, 0.1) is 17.0 Å². The van der Waals surface area contributed by atoms with Crippen molar-refractivity contribution in [2.45, 2.75) is 33.2 Å². The fourth-order valence-electron chi connectivity index (χ4n) is 4.21. The van der Waals surface area contributed by atoms with Gasteiger partial charge in [-0.3, -0.25) is 14.4 Å². The molecule has 0 bridgehead atoms. The van der Waals surface area contributed by atoms with Crippen LogP contribution in [0.1, 0.15) is 52.2 Å². The maximum Gasteiger partial charge on any atom is 0.274 e. The molecular weight excluding hydrogens is 390 g/mol. The number of benzene rings is 2. The first-order valence-electron chi connectivity index (χ1n) is 9.66. The number of carbonyl (C=O) groups excluding carboxylic acids is 2. The Morgan fingerprint density at radius 1 is 1.13 bits per heavy atom. The number of Topliss-reactive ketones (excluding diaryl/α,β-unsaturated/α-hetero) is 1. The summed E-state index contributed by atoms with van der Waals surface area (Å²) in [6, 6.07) is 9.18. The van der Waals surface area contributed by atoms with Crippen molar-refractivity contribution < 1.29 is 23.2 Å². The van der Waals surface area contributed by atoms with Gasteiger partial charge in [-0.15, -0.1) is 0 Å². The number of nitrogens with one attached hydrogen (secondary N) is 1. The highest BCUT2D eigenvalue weighted by atomic mass is 19.2. The van der Waals surface area contributed by atoms with Gasteiger partial charge in [-0.1, -0.05) is 26.0 Å². The molecule has 0 spiro atoms. The number of fused-ring (bicyclic) bond motifs is 3. The van der Waals surface area contributed by atoms with Crippen molar-refractivity contribution in [2.24, 2.45) is 5.41 Å².